The summed E-state index contributed by atoms with van der Waals surface area (Å²) >= 11 is 0. The zero-order valence-electron chi connectivity index (χ0n) is 11.8. The molecule has 1 aromatic rings. The minimum absolute atomic E-state index is 0.125. The van der Waals surface area contributed by atoms with Crippen LogP contribution in [0.2, 0.25) is 0 Å². The number of hydrogen-bond acceptors (Lipinski definition) is 3. The number of carbonyl (C=O) groups excluding carboxylic acids is 1. The van der Waals surface area contributed by atoms with Crippen molar-refractivity contribution in [2.45, 2.75) is 30.8 Å². The zero-order chi connectivity index (χ0) is 14.8. The van der Waals surface area contributed by atoms with Gasteiger partial charge in [-0.1, -0.05) is 12.1 Å². The van der Waals surface area contributed by atoms with Crippen LogP contribution >= 0.6 is 0 Å². The third kappa shape index (κ3) is 3.16. The number of benzene rings is 1. The first-order valence-electron chi connectivity index (χ1n) is 6.65. The van der Waals surface area contributed by atoms with E-state index in [1.165, 1.54) is 19.2 Å². The summed E-state index contributed by atoms with van der Waals surface area (Å²) in [6.07, 6.45) is 1.49. The Hall–Kier alpha value is -1.46. The van der Waals surface area contributed by atoms with Crippen LogP contribution in [0.4, 0.5) is 4.39 Å². The lowest BCUT2D eigenvalue weighted by atomic mass is 9.94. The van der Waals surface area contributed by atoms with Crippen molar-refractivity contribution in [2.75, 3.05) is 20.3 Å². The lowest BCUT2D eigenvalue weighted by molar-refractivity contribution is -0.125. The van der Waals surface area contributed by atoms with Gasteiger partial charge in [-0.15, -0.1) is 0 Å². The summed E-state index contributed by atoms with van der Waals surface area (Å²) in [4.78, 5) is 12.3. The Morgan fingerprint density at radius 3 is 2.55 bits per heavy atom. The van der Waals surface area contributed by atoms with Gasteiger partial charge in [0.05, 0.1) is 12.0 Å². The smallest absolute Gasteiger partial charge is 0.230 e. The highest BCUT2D eigenvalue weighted by Gasteiger charge is 2.51. The van der Waals surface area contributed by atoms with Gasteiger partial charge in [0.2, 0.25) is 5.91 Å². The van der Waals surface area contributed by atoms with Gasteiger partial charge in [-0.3, -0.25) is 4.79 Å². The number of ether oxygens (including phenoxy) is 1. The van der Waals surface area contributed by atoms with Gasteiger partial charge in [0.1, 0.15) is 11.4 Å². The second-order valence-corrected chi connectivity index (χ2v) is 5.70. The molecule has 1 aromatic carbocycles. The van der Waals surface area contributed by atoms with Crippen molar-refractivity contribution >= 4 is 5.91 Å². The summed E-state index contributed by atoms with van der Waals surface area (Å²) in [5.41, 5.74) is -0.831. The first kappa shape index (κ1) is 14.9. The van der Waals surface area contributed by atoms with Gasteiger partial charge in [0, 0.05) is 13.7 Å². The number of carbonyl (C=O) groups is 1. The van der Waals surface area contributed by atoms with Crippen LogP contribution < -0.4 is 5.32 Å². The average Bonchev–Trinajstić information content (AvgIpc) is 3.18. The SMILES string of the molecule is COC[C@@](C)(O)CNC(=O)C1(c2ccc(F)cc2)CC1. The number of halogens is 1. The number of rotatable bonds is 6. The number of methoxy groups -OCH3 is 1. The molecule has 20 heavy (non-hydrogen) atoms. The maximum Gasteiger partial charge on any atom is 0.230 e. The van der Waals surface area contributed by atoms with E-state index in [4.69, 9.17) is 4.74 Å². The fourth-order valence-electron chi connectivity index (χ4n) is 2.34. The molecule has 2 rings (SSSR count). The molecule has 0 spiro atoms. The molecule has 0 aromatic heterocycles. The monoisotopic (exact) mass is 281 g/mol. The molecular weight excluding hydrogens is 261 g/mol. The third-order valence-corrected chi connectivity index (χ3v) is 3.67. The predicted octanol–water partition coefficient (Wildman–Crippen LogP) is 1.37. The third-order valence-electron chi connectivity index (χ3n) is 3.67. The molecule has 5 heteroatoms. The maximum absolute atomic E-state index is 12.9. The van der Waals surface area contributed by atoms with E-state index < -0.39 is 11.0 Å². The standard InChI is InChI=1S/C15H20FNO3/c1-14(19,10-20-2)9-17-13(18)15(7-8-15)11-3-5-12(16)6-4-11/h3-6,19H,7-10H2,1-2H3,(H,17,18)/t14-/m0/s1. The Kier molecular flexibility index (Phi) is 4.11. The predicted molar refractivity (Wildman–Crippen MR) is 72.8 cm³/mol. The molecule has 4 nitrogen and oxygen atoms in total. The molecule has 0 bridgehead atoms. The molecule has 0 heterocycles. The van der Waals surface area contributed by atoms with Gasteiger partial charge in [0.25, 0.3) is 0 Å². The summed E-state index contributed by atoms with van der Waals surface area (Å²) in [7, 11) is 1.50. The average molecular weight is 281 g/mol. The van der Waals surface area contributed by atoms with Crippen LogP contribution in [0, 0.1) is 5.82 Å². The van der Waals surface area contributed by atoms with Crippen LogP contribution in [0.15, 0.2) is 24.3 Å². The van der Waals surface area contributed by atoms with E-state index in [0.29, 0.717) is 0 Å². The maximum atomic E-state index is 12.9. The first-order chi connectivity index (χ1) is 9.39. The second-order valence-electron chi connectivity index (χ2n) is 5.70. The van der Waals surface area contributed by atoms with Crippen LogP contribution in [0.25, 0.3) is 0 Å². The molecule has 1 amide bonds. The van der Waals surface area contributed by atoms with Gasteiger partial charge >= 0.3 is 0 Å². The fourth-order valence-corrected chi connectivity index (χ4v) is 2.34. The van der Waals surface area contributed by atoms with Gasteiger partial charge < -0.3 is 15.2 Å². The quantitative estimate of drug-likeness (QED) is 0.828. The molecule has 0 saturated heterocycles. The topological polar surface area (TPSA) is 58.6 Å². The molecule has 110 valence electrons. The lowest BCUT2D eigenvalue weighted by Gasteiger charge is -2.24. The summed E-state index contributed by atoms with van der Waals surface area (Å²) < 4.78 is 17.8. The van der Waals surface area contributed by atoms with E-state index in [-0.39, 0.29) is 24.9 Å². The highest BCUT2D eigenvalue weighted by molar-refractivity contribution is 5.91. The van der Waals surface area contributed by atoms with Crippen LogP contribution in [0.5, 0.6) is 0 Å². The molecule has 1 fully saturated rings. The van der Waals surface area contributed by atoms with Crippen LogP contribution in [0.3, 0.4) is 0 Å². The molecular formula is C15H20FNO3. The van der Waals surface area contributed by atoms with E-state index in [9.17, 15) is 14.3 Å². The molecule has 1 aliphatic carbocycles. The van der Waals surface area contributed by atoms with Crippen LogP contribution in [-0.4, -0.2) is 36.9 Å². The number of nitrogens with one attached hydrogen (secondary N) is 1. The first-order valence-corrected chi connectivity index (χ1v) is 6.65. The Balaban J connectivity index is 2.00. The number of hydrogen-bond donors (Lipinski definition) is 2. The van der Waals surface area contributed by atoms with Crippen molar-refractivity contribution in [1.29, 1.82) is 0 Å². The molecule has 0 aliphatic heterocycles. The van der Waals surface area contributed by atoms with E-state index in [2.05, 4.69) is 5.32 Å². The number of amides is 1. The van der Waals surface area contributed by atoms with Gasteiger partial charge in [-0.05, 0) is 37.5 Å². The van der Waals surface area contributed by atoms with Crippen LogP contribution in [0.1, 0.15) is 25.3 Å². The Labute approximate surface area is 117 Å². The molecule has 1 saturated carbocycles. The normalized spacial score (nSPS) is 19.2. The van der Waals surface area contributed by atoms with Crippen molar-refractivity contribution < 1.29 is 19.0 Å². The molecule has 0 unspecified atom stereocenters. The molecule has 0 radical (unpaired) electrons. The van der Waals surface area contributed by atoms with E-state index in [1.807, 2.05) is 0 Å². The molecule has 1 atom stereocenters. The highest BCUT2D eigenvalue weighted by Crippen LogP contribution is 2.48. The van der Waals surface area contributed by atoms with Crippen LogP contribution in [-0.2, 0) is 14.9 Å². The van der Waals surface area contributed by atoms with Gasteiger partial charge in [-0.25, -0.2) is 4.39 Å². The van der Waals surface area contributed by atoms with Gasteiger partial charge in [0.15, 0.2) is 0 Å². The van der Waals surface area contributed by atoms with Crippen molar-refractivity contribution in [3.8, 4) is 0 Å². The van der Waals surface area contributed by atoms with E-state index in [0.717, 1.165) is 18.4 Å². The summed E-state index contributed by atoms with van der Waals surface area (Å²) in [6.45, 7) is 1.88. The highest BCUT2D eigenvalue weighted by atomic mass is 19.1. The second kappa shape index (κ2) is 5.50. The summed E-state index contributed by atoms with van der Waals surface area (Å²) in [5.74, 6) is -0.437. The Morgan fingerprint density at radius 1 is 1.45 bits per heavy atom. The van der Waals surface area contributed by atoms with E-state index >= 15 is 0 Å². The van der Waals surface area contributed by atoms with Crippen molar-refractivity contribution in [3.63, 3.8) is 0 Å². The zero-order valence-corrected chi connectivity index (χ0v) is 11.8. The fraction of sp³-hybridized carbons (Fsp3) is 0.533. The van der Waals surface area contributed by atoms with Crippen molar-refractivity contribution in [2.24, 2.45) is 0 Å². The molecule has 2 N–H and O–H groups in total. The Bertz CT molecular complexity index is 480. The Morgan fingerprint density at radius 2 is 2.05 bits per heavy atom. The van der Waals surface area contributed by atoms with E-state index in [1.54, 1.807) is 19.1 Å². The summed E-state index contributed by atoms with van der Waals surface area (Å²) in [6, 6.07) is 6.03. The minimum Gasteiger partial charge on any atom is -0.386 e. The number of aliphatic hydroxyl groups is 1. The summed E-state index contributed by atoms with van der Waals surface area (Å²) in [5, 5.41) is 12.7. The lowest BCUT2D eigenvalue weighted by Crippen LogP contribution is -2.46. The van der Waals surface area contributed by atoms with Gasteiger partial charge in [-0.2, -0.15) is 0 Å². The van der Waals surface area contributed by atoms with Crippen molar-refractivity contribution in [3.05, 3.63) is 35.6 Å². The van der Waals surface area contributed by atoms with Crippen molar-refractivity contribution in [1.82, 2.24) is 5.32 Å². The largest absolute Gasteiger partial charge is 0.386 e. The molecule has 1 aliphatic rings. The minimum atomic E-state index is -1.09.